The number of aryl methyl sites for hydroxylation is 2. The van der Waals surface area contributed by atoms with Crippen molar-refractivity contribution < 1.29 is 0 Å². The fourth-order valence-electron chi connectivity index (χ4n) is 3.09. The molecule has 0 spiro atoms. The van der Waals surface area contributed by atoms with Gasteiger partial charge in [-0.05, 0) is 42.7 Å². The van der Waals surface area contributed by atoms with Crippen LogP contribution in [0.4, 0.5) is 5.95 Å². The number of benzene rings is 1. The summed E-state index contributed by atoms with van der Waals surface area (Å²) in [5.74, 6) is 1.37. The van der Waals surface area contributed by atoms with E-state index in [1.807, 2.05) is 72.7 Å². The minimum Gasteiger partial charge on any atom is -0.354 e. The maximum absolute atomic E-state index is 6.04. The number of nitrogens with one attached hydrogen (secondary N) is 1. The molecule has 7 heteroatoms. The molecule has 3 heterocycles. The summed E-state index contributed by atoms with van der Waals surface area (Å²) in [7, 11) is 1.95. The van der Waals surface area contributed by atoms with Crippen LogP contribution in [0.1, 0.15) is 12.1 Å². The number of rotatable bonds is 7. The highest BCUT2D eigenvalue weighted by Gasteiger charge is 2.15. The zero-order valence-electron chi connectivity index (χ0n) is 16.1. The number of hydrogen-bond donors (Lipinski definition) is 1. The van der Waals surface area contributed by atoms with Crippen LogP contribution in [0.15, 0.2) is 67.3 Å². The molecule has 0 atom stereocenters. The number of halogens is 1. The van der Waals surface area contributed by atoms with Crippen molar-refractivity contribution in [1.29, 1.82) is 0 Å². The molecule has 3 aromatic heterocycles. The number of imidazole rings is 1. The van der Waals surface area contributed by atoms with E-state index in [0.29, 0.717) is 11.0 Å². The van der Waals surface area contributed by atoms with Crippen molar-refractivity contribution in [3.8, 4) is 22.6 Å². The highest BCUT2D eigenvalue weighted by atomic mass is 35.5. The van der Waals surface area contributed by atoms with E-state index < -0.39 is 0 Å². The summed E-state index contributed by atoms with van der Waals surface area (Å²) in [5, 5.41) is 4.01. The van der Waals surface area contributed by atoms with Crippen LogP contribution in [-0.4, -0.2) is 31.0 Å². The van der Waals surface area contributed by atoms with Gasteiger partial charge in [-0.15, -0.1) is 0 Å². The van der Waals surface area contributed by atoms with Gasteiger partial charge in [0.05, 0.1) is 0 Å². The van der Waals surface area contributed by atoms with E-state index in [0.717, 1.165) is 47.7 Å². The van der Waals surface area contributed by atoms with Gasteiger partial charge in [0, 0.05) is 54.7 Å². The van der Waals surface area contributed by atoms with Crippen molar-refractivity contribution in [2.45, 2.75) is 12.8 Å². The predicted molar refractivity (Wildman–Crippen MR) is 116 cm³/mol. The maximum Gasteiger partial charge on any atom is 0.223 e. The number of nitrogens with zero attached hydrogens (tertiary/aromatic N) is 5. The van der Waals surface area contributed by atoms with E-state index >= 15 is 0 Å². The number of anilines is 1. The van der Waals surface area contributed by atoms with Gasteiger partial charge in [-0.25, -0.2) is 15.0 Å². The van der Waals surface area contributed by atoms with Crippen LogP contribution in [0.2, 0.25) is 5.02 Å². The molecule has 0 amide bonds. The monoisotopic (exact) mass is 404 g/mol. The predicted octanol–water partition coefficient (Wildman–Crippen LogP) is 4.64. The van der Waals surface area contributed by atoms with Gasteiger partial charge in [0.2, 0.25) is 5.95 Å². The van der Waals surface area contributed by atoms with Gasteiger partial charge in [-0.1, -0.05) is 29.8 Å². The molecule has 0 fully saturated rings. The first-order valence-corrected chi connectivity index (χ1v) is 9.83. The number of hydrogen-bond acceptors (Lipinski definition) is 5. The van der Waals surface area contributed by atoms with E-state index in [2.05, 4.69) is 20.3 Å². The molecule has 6 nitrogen and oxygen atoms in total. The van der Waals surface area contributed by atoms with Crippen LogP contribution < -0.4 is 5.32 Å². The van der Waals surface area contributed by atoms with Gasteiger partial charge >= 0.3 is 0 Å². The Labute approximate surface area is 174 Å². The second kappa shape index (κ2) is 8.84. The highest BCUT2D eigenvalue weighted by molar-refractivity contribution is 6.30. The van der Waals surface area contributed by atoms with Crippen molar-refractivity contribution in [3.05, 3.63) is 78.0 Å². The quantitative estimate of drug-likeness (QED) is 0.454. The van der Waals surface area contributed by atoms with Crippen LogP contribution in [0, 0.1) is 0 Å². The van der Waals surface area contributed by atoms with Crippen molar-refractivity contribution in [2.24, 2.45) is 7.05 Å². The van der Waals surface area contributed by atoms with E-state index in [1.165, 1.54) is 0 Å². The fraction of sp³-hybridized carbons (Fsp3) is 0.182. The van der Waals surface area contributed by atoms with Crippen molar-refractivity contribution in [3.63, 3.8) is 0 Å². The Morgan fingerprint density at radius 1 is 1.00 bits per heavy atom. The Morgan fingerprint density at radius 3 is 2.59 bits per heavy atom. The van der Waals surface area contributed by atoms with E-state index in [1.54, 1.807) is 6.20 Å². The molecule has 0 unspecified atom stereocenters. The van der Waals surface area contributed by atoms with E-state index in [-0.39, 0.29) is 0 Å². The van der Waals surface area contributed by atoms with Gasteiger partial charge in [0.15, 0.2) is 5.82 Å². The summed E-state index contributed by atoms with van der Waals surface area (Å²) in [6.07, 6.45) is 9.17. The van der Waals surface area contributed by atoms with E-state index in [4.69, 9.17) is 16.6 Å². The largest absolute Gasteiger partial charge is 0.354 e. The molecule has 0 saturated carbocycles. The Morgan fingerprint density at radius 2 is 1.86 bits per heavy atom. The maximum atomic E-state index is 6.04. The number of pyridine rings is 1. The zero-order valence-corrected chi connectivity index (χ0v) is 16.8. The molecule has 0 aliphatic heterocycles. The molecule has 1 aromatic carbocycles. The minimum absolute atomic E-state index is 0.585. The summed E-state index contributed by atoms with van der Waals surface area (Å²) in [4.78, 5) is 18.1. The third-order valence-corrected chi connectivity index (χ3v) is 4.85. The third-order valence-electron chi connectivity index (χ3n) is 4.60. The topological polar surface area (TPSA) is 68.5 Å². The Balaban J connectivity index is 1.55. The second-order valence-electron chi connectivity index (χ2n) is 6.68. The molecule has 29 heavy (non-hydrogen) atoms. The Hall–Kier alpha value is -3.25. The summed E-state index contributed by atoms with van der Waals surface area (Å²) < 4.78 is 1.95. The average molecular weight is 405 g/mol. The van der Waals surface area contributed by atoms with Gasteiger partial charge in [0.1, 0.15) is 5.69 Å². The van der Waals surface area contributed by atoms with Crippen molar-refractivity contribution >= 4 is 17.5 Å². The molecule has 4 aromatic rings. The minimum atomic E-state index is 0.585. The van der Waals surface area contributed by atoms with Gasteiger partial charge in [-0.3, -0.25) is 4.98 Å². The first kappa shape index (κ1) is 19.1. The highest BCUT2D eigenvalue weighted by Crippen LogP contribution is 2.30. The van der Waals surface area contributed by atoms with Crippen molar-refractivity contribution in [2.75, 3.05) is 11.9 Å². The lowest BCUT2D eigenvalue weighted by Gasteiger charge is -2.12. The normalized spacial score (nSPS) is 10.8. The molecule has 0 aliphatic carbocycles. The average Bonchev–Trinajstić information content (AvgIpc) is 3.18. The molecular weight excluding hydrogens is 384 g/mol. The molecular formula is C22H21ClN6. The lowest BCUT2D eigenvalue weighted by Crippen LogP contribution is -2.08. The summed E-state index contributed by atoms with van der Waals surface area (Å²) in [6, 6.07) is 13.6. The van der Waals surface area contributed by atoms with Gasteiger partial charge < -0.3 is 9.88 Å². The Kier molecular flexibility index (Phi) is 5.81. The summed E-state index contributed by atoms with van der Waals surface area (Å²) in [6.45, 7) is 0.761. The molecule has 146 valence electrons. The molecule has 4 rings (SSSR count). The Bertz CT molecular complexity index is 1080. The first-order valence-electron chi connectivity index (χ1n) is 9.45. The molecule has 0 radical (unpaired) electrons. The second-order valence-corrected chi connectivity index (χ2v) is 7.11. The SMILES string of the molecule is Cn1ccnc1-c1nc(NCCCc2ccccn2)ncc1-c1ccc(Cl)cc1. The summed E-state index contributed by atoms with van der Waals surface area (Å²) in [5.41, 5.74) is 3.77. The van der Waals surface area contributed by atoms with E-state index in [9.17, 15) is 0 Å². The molecule has 0 aliphatic rings. The van der Waals surface area contributed by atoms with Crippen LogP contribution in [0.25, 0.3) is 22.6 Å². The molecule has 1 N–H and O–H groups in total. The standard InChI is InChI=1S/C22H21ClN6/c1-29-14-13-25-21(29)20-19(16-7-9-17(23)10-8-16)15-27-22(28-20)26-12-4-6-18-5-2-3-11-24-18/h2-3,5,7-11,13-15H,4,6,12H2,1H3,(H,26,27,28). The lowest BCUT2D eigenvalue weighted by atomic mass is 10.1. The third kappa shape index (κ3) is 4.60. The molecule has 0 bridgehead atoms. The smallest absolute Gasteiger partial charge is 0.223 e. The lowest BCUT2D eigenvalue weighted by molar-refractivity contribution is 0.828. The molecule has 0 saturated heterocycles. The van der Waals surface area contributed by atoms with Gasteiger partial charge in [0.25, 0.3) is 0 Å². The fourth-order valence-corrected chi connectivity index (χ4v) is 3.21. The van der Waals surface area contributed by atoms with Gasteiger partial charge in [-0.2, -0.15) is 0 Å². The van der Waals surface area contributed by atoms with Crippen LogP contribution >= 0.6 is 11.6 Å². The number of aromatic nitrogens is 5. The summed E-state index contributed by atoms with van der Waals surface area (Å²) >= 11 is 6.04. The first-order chi connectivity index (χ1) is 14.2. The van der Waals surface area contributed by atoms with Crippen LogP contribution in [0.5, 0.6) is 0 Å². The van der Waals surface area contributed by atoms with Crippen molar-refractivity contribution in [1.82, 2.24) is 24.5 Å². The van der Waals surface area contributed by atoms with Crippen LogP contribution in [0.3, 0.4) is 0 Å². The van der Waals surface area contributed by atoms with Crippen LogP contribution in [-0.2, 0) is 13.5 Å². The zero-order chi connectivity index (χ0) is 20.1.